The number of thiazole rings is 1. The summed E-state index contributed by atoms with van der Waals surface area (Å²) >= 11 is 9.12. The van der Waals surface area contributed by atoms with Gasteiger partial charge in [-0.25, -0.2) is 19.3 Å². The van der Waals surface area contributed by atoms with Crippen molar-refractivity contribution in [2.45, 2.75) is 32.1 Å². The molecule has 0 atom stereocenters. The highest BCUT2D eigenvalue weighted by atomic mass is 35.5. The average molecular weight is 464 g/mol. The van der Waals surface area contributed by atoms with Gasteiger partial charge in [0.25, 0.3) is 0 Å². The molecule has 0 radical (unpaired) electrons. The van der Waals surface area contributed by atoms with E-state index in [0.717, 1.165) is 48.0 Å². The van der Waals surface area contributed by atoms with Gasteiger partial charge in [0.05, 0.1) is 27.0 Å². The molecule has 9 heteroatoms. The van der Waals surface area contributed by atoms with Crippen molar-refractivity contribution in [3.05, 3.63) is 46.6 Å². The van der Waals surface area contributed by atoms with Crippen molar-refractivity contribution in [1.29, 1.82) is 0 Å². The van der Waals surface area contributed by atoms with Crippen molar-refractivity contribution in [2.24, 2.45) is 0 Å². The van der Waals surface area contributed by atoms with Crippen LogP contribution in [0.25, 0.3) is 21.8 Å². The van der Waals surface area contributed by atoms with Gasteiger partial charge in [-0.05, 0) is 62.2 Å². The van der Waals surface area contributed by atoms with Gasteiger partial charge in [0.2, 0.25) is 5.28 Å². The molecule has 1 fully saturated rings. The molecule has 0 unspecified atom stereocenters. The van der Waals surface area contributed by atoms with Gasteiger partial charge in [0.15, 0.2) is 5.82 Å². The molecular formula is C21H23ClFN5S2. The first-order chi connectivity index (χ1) is 14.7. The van der Waals surface area contributed by atoms with E-state index in [9.17, 15) is 0 Å². The van der Waals surface area contributed by atoms with Crippen LogP contribution >= 0.6 is 34.9 Å². The average Bonchev–Trinajstić information content (AvgIpc) is 3.21. The zero-order chi connectivity index (χ0) is 20.9. The minimum absolute atomic E-state index is 0.169. The molecule has 0 amide bonds. The van der Waals surface area contributed by atoms with Crippen LogP contribution in [0.1, 0.15) is 37.1 Å². The summed E-state index contributed by atoms with van der Waals surface area (Å²) in [5.74, 6) is 0.973. The molecule has 2 N–H and O–H groups in total. The van der Waals surface area contributed by atoms with Crippen LogP contribution in [-0.2, 0) is 0 Å². The Kier molecular flexibility index (Phi) is 7.20. The summed E-state index contributed by atoms with van der Waals surface area (Å²) in [6.45, 7) is 4.03. The van der Waals surface area contributed by atoms with E-state index in [1.807, 2.05) is 6.07 Å². The fourth-order valence-corrected chi connectivity index (χ4v) is 5.41. The first-order valence-electron chi connectivity index (χ1n) is 10.0. The van der Waals surface area contributed by atoms with Gasteiger partial charge in [0, 0.05) is 23.4 Å². The summed E-state index contributed by atoms with van der Waals surface area (Å²) in [4.78, 5) is 14.1. The van der Waals surface area contributed by atoms with Crippen LogP contribution in [0, 0.1) is 5.82 Å². The number of hydrogen-bond donors (Lipinski definition) is 2. The molecule has 3 aromatic rings. The van der Waals surface area contributed by atoms with Gasteiger partial charge >= 0.3 is 0 Å². The molecule has 1 aliphatic heterocycles. The molecule has 3 heterocycles. The van der Waals surface area contributed by atoms with E-state index in [1.54, 1.807) is 35.7 Å². The maximum absolute atomic E-state index is 15.4. The van der Waals surface area contributed by atoms with Crippen molar-refractivity contribution in [2.75, 3.05) is 23.6 Å². The number of piperidine rings is 1. The lowest BCUT2D eigenvalue weighted by atomic mass is 9.99. The zero-order valence-corrected chi connectivity index (χ0v) is 19.0. The number of hydrogen-bond acceptors (Lipinski definition) is 7. The third kappa shape index (κ3) is 4.77. The second-order valence-electron chi connectivity index (χ2n) is 7.08. The first kappa shape index (κ1) is 21.5. The number of benzene rings is 1. The van der Waals surface area contributed by atoms with E-state index >= 15 is 4.39 Å². The number of rotatable bonds is 7. The van der Waals surface area contributed by atoms with Crippen molar-refractivity contribution >= 4 is 40.6 Å². The predicted molar refractivity (Wildman–Crippen MR) is 125 cm³/mol. The second kappa shape index (κ2) is 10.0. The van der Waals surface area contributed by atoms with Crippen LogP contribution in [0.5, 0.6) is 0 Å². The van der Waals surface area contributed by atoms with E-state index in [2.05, 4.69) is 26.9 Å². The molecule has 1 aromatic carbocycles. The smallest absolute Gasteiger partial charge is 0.222 e. The summed E-state index contributed by atoms with van der Waals surface area (Å²) in [6.07, 6.45) is 4.68. The van der Waals surface area contributed by atoms with E-state index in [0.29, 0.717) is 28.6 Å². The lowest BCUT2D eigenvalue weighted by Gasteiger charge is -2.20. The summed E-state index contributed by atoms with van der Waals surface area (Å²) in [5, 5.41) is 4.58. The number of nitrogens with zero attached hydrogens (tertiary/aromatic N) is 3. The minimum Gasteiger partial charge on any atom is -0.327 e. The van der Waals surface area contributed by atoms with Crippen LogP contribution in [0.15, 0.2) is 30.5 Å². The topological polar surface area (TPSA) is 62.7 Å². The van der Waals surface area contributed by atoms with Crippen molar-refractivity contribution in [3.8, 4) is 21.8 Å². The molecule has 2 aromatic heterocycles. The van der Waals surface area contributed by atoms with Crippen molar-refractivity contribution in [3.63, 3.8) is 0 Å². The Bertz CT molecular complexity index is 1010. The van der Waals surface area contributed by atoms with Gasteiger partial charge in [-0.15, -0.1) is 11.3 Å². The lowest BCUT2D eigenvalue weighted by Crippen LogP contribution is -2.26. The van der Waals surface area contributed by atoms with E-state index in [-0.39, 0.29) is 11.1 Å². The highest BCUT2D eigenvalue weighted by Gasteiger charge is 2.25. The molecule has 4 rings (SSSR count). The first-order valence-corrected chi connectivity index (χ1v) is 12.2. The predicted octanol–water partition coefficient (Wildman–Crippen LogP) is 6.00. The minimum atomic E-state index is -0.301. The Labute approximate surface area is 189 Å². The SMILES string of the molecule is CCCSNc1cccc(-c2nc(C3CCNCC3)sc2-c2ccnc(Cl)n2)c1F. The molecule has 1 aliphatic rings. The van der Waals surface area contributed by atoms with Crippen LogP contribution in [-0.4, -0.2) is 33.8 Å². The summed E-state index contributed by atoms with van der Waals surface area (Å²) in [5.41, 5.74) is 2.22. The highest BCUT2D eigenvalue weighted by Crippen LogP contribution is 2.42. The second-order valence-corrected chi connectivity index (χ2v) is 9.35. The highest BCUT2D eigenvalue weighted by molar-refractivity contribution is 8.00. The summed E-state index contributed by atoms with van der Waals surface area (Å²) in [7, 11) is 0. The van der Waals surface area contributed by atoms with Gasteiger partial charge in [-0.3, -0.25) is 0 Å². The monoisotopic (exact) mass is 463 g/mol. The maximum Gasteiger partial charge on any atom is 0.222 e. The van der Waals surface area contributed by atoms with Crippen molar-refractivity contribution < 1.29 is 4.39 Å². The quantitative estimate of drug-likeness (QED) is 0.254. The molecule has 30 heavy (non-hydrogen) atoms. The Balaban J connectivity index is 1.78. The van der Waals surface area contributed by atoms with Gasteiger partial charge in [-0.1, -0.05) is 24.9 Å². The van der Waals surface area contributed by atoms with Crippen LogP contribution in [0.3, 0.4) is 0 Å². The normalized spacial score (nSPS) is 14.8. The summed E-state index contributed by atoms with van der Waals surface area (Å²) < 4.78 is 18.6. The van der Waals surface area contributed by atoms with Gasteiger partial charge in [0.1, 0.15) is 0 Å². The number of halogens is 2. The Morgan fingerprint density at radius 3 is 2.87 bits per heavy atom. The standard InChI is InChI=1S/C21H23ClFN5S2/c1-2-12-29-28-15-5-3-4-14(17(15)23)18-19(16-8-11-25-21(22)26-16)30-20(27-18)13-6-9-24-10-7-13/h3-5,8,11,13,24,28H,2,6-7,9-10,12H2,1H3. The third-order valence-electron chi connectivity index (χ3n) is 4.93. The van der Waals surface area contributed by atoms with Gasteiger partial charge in [-0.2, -0.15) is 0 Å². The number of anilines is 1. The largest absolute Gasteiger partial charge is 0.327 e. The van der Waals surface area contributed by atoms with Crippen LogP contribution in [0.2, 0.25) is 5.28 Å². The fraction of sp³-hybridized carbons (Fsp3) is 0.381. The van der Waals surface area contributed by atoms with Crippen molar-refractivity contribution in [1.82, 2.24) is 20.3 Å². The maximum atomic E-state index is 15.4. The molecule has 1 saturated heterocycles. The van der Waals surface area contributed by atoms with E-state index in [4.69, 9.17) is 16.6 Å². The Morgan fingerprint density at radius 2 is 2.10 bits per heavy atom. The Morgan fingerprint density at radius 1 is 1.27 bits per heavy atom. The van der Waals surface area contributed by atoms with Crippen LogP contribution in [0.4, 0.5) is 10.1 Å². The number of aromatic nitrogens is 3. The summed E-state index contributed by atoms with van der Waals surface area (Å²) in [6, 6.07) is 7.18. The molecule has 0 bridgehead atoms. The molecule has 5 nitrogen and oxygen atoms in total. The zero-order valence-electron chi connectivity index (χ0n) is 16.6. The van der Waals surface area contributed by atoms with E-state index < -0.39 is 0 Å². The third-order valence-corrected chi connectivity index (χ3v) is 7.33. The number of nitrogens with one attached hydrogen (secondary N) is 2. The molecular weight excluding hydrogens is 441 g/mol. The molecule has 0 aliphatic carbocycles. The molecule has 0 saturated carbocycles. The molecule has 0 spiro atoms. The molecule has 158 valence electrons. The van der Waals surface area contributed by atoms with E-state index in [1.165, 1.54) is 11.9 Å². The van der Waals surface area contributed by atoms with Crippen LogP contribution < -0.4 is 10.0 Å². The fourth-order valence-electron chi connectivity index (χ4n) is 3.42. The Hall–Kier alpha value is -1.74. The lowest BCUT2D eigenvalue weighted by molar-refractivity contribution is 0.459. The van der Waals surface area contributed by atoms with Gasteiger partial charge < -0.3 is 10.0 Å².